The normalized spacial score (nSPS) is 12.7. The van der Waals surface area contributed by atoms with Gasteiger partial charge in [-0.1, -0.05) is 18.2 Å². The highest BCUT2D eigenvalue weighted by Crippen LogP contribution is 2.31. The van der Waals surface area contributed by atoms with Crippen molar-refractivity contribution < 1.29 is 23.8 Å². The molecule has 4 aromatic rings. The summed E-state index contributed by atoms with van der Waals surface area (Å²) in [5.41, 5.74) is 4.59. The third-order valence-electron chi connectivity index (χ3n) is 6.31. The molecule has 0 fully saturated rings. The zero-order valence-corrected chi connectivity index (χ0v) is 20.2. The number of nitrogens with zero attached hydrogens (tertiary/aromatic N) is 1. The average Bonchev–Trinajstić information content (AvgIpc) is 3.30. The Labute approximate surface area is 208 Å². The molecule has 8 heteroatoms. The van der Waals surface area contributed by atoms with Gasteiger partial charge >= 0.3 is 0 Å². The summed E-state index contributed by atoms with van der Waals surface area (Å²) in [6, 6.07) is 20.2. The summed E-state index contributed by atoms with van der Waals surface area (Å²) in [5.74, 6) is 1.09. The van der Waals surface area contributed by atoms with E-state index in [9.17, 15) is 9.59 Å². The van der Waals surface area contributed by atoms with Crippen LogP contribution < -0.4 is 19.5 Å². The first kappa shape index (κ1) is 23.3. The molecule has 3 aromatic carbocycles. The fraction of sp³-hybridized carbons (Fsp3) is 0.214. The quantitative estimate of drug-likeness (QED) is 0.405. The van der Waals surface area contributed by atoms with Gasteiger partial charge in [-0.2, -0.15) is 0 Å². The van der Waals surface area contributed by atoms with Crippen molar-refractivity contribution in [3.05, 3.63) is 83.6 Å². The molecule has 2 heterocycles. The van der Waals surface area contributed by atoms with E-state index in [-0.39, 0.29) is 18.4 Å². The molecule has 1 aliphatic rings. The second-order valence-corrected chi connectivity index (χ2v) is 8.54. The molecule has 0 atom stereocenters. The van der Waals surface area contributed by atoms with Crippen molar-refractivity contribution in [2.75, 3.05) is 32.7 Å². The van der Waals surface area contributed by atoms with Gasteiger partial charge < -0.3 is 29.4 Å². The molecule has 1 aromatic heterocycles. The molecule has 0 aliphatic carbocycles. The number of H-pyrrole nitrogens is 1. The Hall–Kier alpha value is -4.46. The van der Waals surface area contributed by atoms with Gasteiger partial charge in [0.05, 0.1) is 14.2 Å². The van der Waals surface area contributed by atoms with Gasteiger partial charge in [-0.25, -0.2) is 0 Å². The molecule has 0 bridgehead atoms. The predicted octanol–water partition coefficient (Wildman–Crippen LogP) is 4.40. The average molecular weight is 486 g/mol. The Kier molecular flexibility index (Phi) is 6.49. The van der Waals surface area contributed by atoms with E-state index < -0.39 is 0 Å². The van der Waals surface area contributed by atoms with Crippen LogP contribution in [0, 0.1) is 0 Å². The lowest BCUT2D eigenvalue weighted by atomic mass is 10.0. The number of benzene rings is 3. The van der Waals surface area contributed by atoms with Crippen LogP contribution in [0.5, 0.6) is 17.2 Å². The fourth-order valence-electron chi connectivity index (χ4n) is 4.46. The van der Waals surface area contributed by atoms with Gasteiger partial charge in [0, 0.05) is 52.9 Å². The van der Waals surface area contributed by atoms with Crippen LogP contribution >= 0.6 is 0 Å². The van der Waals surface area contributed by atoms with Crippen molar-refractivity contribution >= 4 is 28.4 Å². The molecule has 0 saturated carbocycles. The second-order valence-electron chi connectivity index (χ2n) is 8.54. The third kappa shape index (κ3) is 4.70. The first-order valence-corrected chi connectivity index (χ1v) is 11.7. The lowest BCUT2D eigenvalue weighted by molar-refractivity contribution is -0.118. The van der Waals surface area contributed by atoms with Crippen molar-refractivity contribution in [3.63, 3.8) is 0 Å². The van der Waals surface area contributed by atoms with E-state index in [2.05, 4.69) is 22.4 Å². The van der Waals surface area contributed by atoms with E-state index >= 15 is 0 Å². The summed E-state index contributed by atoms with van der Waals surface area (Å²) in [4.78, 5) is 30.9. The predicted molar refractivity (Wildman–Crippen MR) is 137 cm³/mol. The number of methoxy groups -OCH3 is 2. The molecule has 1 aliphatic heterocycles. The Morgan fingerprint density at radius 3 is 2.56 bits per heavy atom. The van der Waals surface area contributed by atoms with E-state index in [1.165, 1.54) is 18.4 Å². The number of hydrogen-bond donors (Lipinski definition) is 2. The maximum absolute atomic E-state index is 13.3. The fourth-order valence-corrected chi connectivity index (χ4v) is 4.46. The number of aromatic nitrogens is 1. The number of hydrogen-bond acceptors (Lipinski definition) is 5. The van der Waals surface area contributed by atoms with Gasteiger partial charge in [-0.3, -0.25) is 9.59 Å². The summed E-state index contributed by atoms with van der Waals surface area (Å²) in [5, 5.41) is 3.92. The van der Waals surface area contributed by atoms with Gasteiger partial charge in [-0.05, 0) is 48.5 Å². The maximum atomic E-state index is 13.3. The van der Waals surface area contributed by atoms with Crippen LogP contribution in [-0.4, -0.2) is 49.1 Å². The van der Waals surface area contributed by atoms with E-state index in [4.69, 9.17) is 14.2 Å². The minimum atomic E-state index is -0.315. The lowest BCUT2D eigenvalue weighted by Gasteiger charge is -2.27. The van der Waals surface area contributed by atoms with Crippen LogP contribution in [0.4, 0.5) is 5.69 Å². The number of fused-ring (bicyclic) bond motifs is 3. The van der Waals surface area contributed by atoms with E-state index in [0.29, 0.717) is 41.6 Å². The largest absolute Gasteiger partial charge is 0.497 e. The maximum Gasteiger partial charge on any atom is 0.262 e. The minimum Gasteiger partial charge on any atom is -0.497 e. The Morgan fingerprint density at radius 2 is 1.78 bits per heavy atom. The molecule has 0 unspecified atom stereocenters. The zero-order valence-electron chi connectivity index (χ0n) is 20.2. The first-order chi connectivity index (χ1) is 17.6. The Morgan fingerprint density at radius 1 is 0.972 bits per heavy atom. The molecule has 0 saturated heterocycles. The van der Waals surface area contributed by atoms with E-state index in [1.54, 1.807) is 49.6 Å². The number of rotatable bonds is 7. The summed E-state index contributed by atoms with van der Waals surface area (Å²) >= 11 is 0. The molecule has 8 nitrogen and oxygen atoms in total. The van der Waals surface area contributed by atoms with Gasteiger partial charge in [0.15, 0.2) is 18.1 Å². The minimum absolute atomic E-state index is 0.0759. The number of aromatic amines is 1. The van der Waals surface area contributed by atoms with E-state index in [1.807, 2.05) is 17.0 Å². The number of para-hydroxylation sites is 1. The Bertz CT molecular complexity index is 1410. The number of amides is 2. The van der Waals surface area contributed by atoms with Crippen LogP contribution in [0.1, 0.15) is 21.6 Å². The summed E-state index contributed by atoms with van der Waals surface area (Å²) in [6.45, 7) is 0.972. The molecule has 36 heavy (non-hydrogen) atoms. The molecule has 0 spiro atoms. The van der Waals surface area contributed by atoms with Crippen molar-refractivity contribution in [3.8, 4) is 17.2 Å². The number of ether oxygens (including phenoxy) is 3. The summed E-state index contributed by atoms with van der Waals surface area (Å²) in [7, 11) is 3.09. The van der Waals surface area contributed by atoms with E-state index in [0.717, 1.165) is 17.3 Å². The topological polar surface area (TPSA) is 92.9 Å². The highest BCUT2D eigenvalue weighted by Gasteiger charge is 2.25. The monoisotopic (exact) mass is 485 g/mol. The molecular weight excluding hydrogens is 458 g/mol. The Balaban J connectivity index is 1.24. The van der Waals surface area contributed by atoms with Gasteiger partial charge in [0.25, 0.3) is 11.8 Å². The van der Waals surface area contributed by atoms with Crippen LogP contribution in [0.15, 0.2) is 66.7 Å². The van der Waals surface area contributed by atoms with Crippen LogP contribution in [0.25, 0.3) is 10.9 Å². The molecule has 184 valence electrons. The van der Waals surface area contributed by atoms with Crippen LogP contribution in [0.3, 0.4) is 0 Å². The van der Waals surface area contributed by atoms with Crippen molar-refractivity contribution in [2.24, 2.45) is 0 Å². The SMILES string of the molecule is COc1ccc(NC(=O)COc2ccc(C(=O)N3CCc4[nH]c5ccccc5c4C3)cc2OC)cc1. The molecular formula is C28H27N3O5. The first-order valence-electron chi connectivity index (χ1n) is 11.7. The highest BCUT2D eigenvalue weighted by atomic mass is 16.5. The van der Waals surface area contributed by atoms with Crippen LogP contribution in [0.2, 0.25) is 0 Å². The summed E-state index contributed by atoms with van der Waals surface area (Å²) < 4.78 is 16.3. The highest BCUT2D eigenvalue weighted by molar-refractivity contribution is 5.96. The number of anilines is 1. The molecule has 5 rings (SSSR count). The van der Waals surface area contributed by atoms with Crippen molar-refractivity contribution in [1.82, 2.24) is 9.88 Å². The zero-order chi connectivity index (χ0) is 25.1. The van der Waals surface area contributed by atoms with Gasteiger partial charge in [0.1, 0.15) is 5.75 Å². The van der Waals surface area contributed by atoms with Crippen molar-refractivity contribution in [1.29, 1.82) is 0 Å². The number of carbonyl (C=O) groups excluding carboxylic acids is 2. The smallest absolute Gasteiger partial charge is 0.262 e. The molecule has 2 N–H and O–H groups in total. The van der Waals surface area contributed by atoms with Crippen LogP contribution in [-0.2, 0) is 17.8 Å². The molecule has 2 amide bonds. The number of nitrogens with one attached hydrogen (secondary N) is 2. The second kappa shape index (κ2) is 10.0. The lowest BCUT2D eigenvalue weighted by Crippen LogP contribution is -2.35. The third-order valence-corrected chi connectivity index (χ3v) is 6.31. The van der Waals surface area contributed by atoms with Gasteiger partial charge in [-0.15, -0.1) is 0 Å². The standard InChI is InChI=1S/C28H27N3O5/c1-34-20-10-8-19(9-11-20)29-27(32)17-36-25-12-7-18(15-26(25)35-2)28(33)31-14-13-24-22(16-31)21-5-3-4-6-23(21)30-24/h3-12,15,30H,13-14,16-17H2,1-2H3,(H,29,32). The number of carbonyl (C=O) groups is 2. The van der Waals surface area contributed by atoms with Crippen molar-refractivity contribution in [2.45, 2.75) is 13.0 Å². The van der Waals surface area contributed by atoms with Gasteiger partial charge in [0.2, 0.25) is 0 Å². The molecule has 0 radical (unpaired) electrons. The summed E-state index contributed by atoms with van der Waals surface area (Å²) in [6.07, 6.45) is 0.775.